The number of hydrogen-bond acceptors (Lipinski definition) is 3. The van der Waals surface area contributed by atoms with Gasteiger partial charge in [0, 0.05) is 29.2 Å². The van der Waals surface area contributed by atoms with Crippen molar-refractivity contribution in [2.24, 2.45) is 0 Å². The maximum atomic E-state index is 12.0. The van der Waals surface area contributed by atoms with E-state index in [4.69, 9.17) is 17.3 Å². The van der Waals surface area contributed by atoms with Crippen molar-refractivity contribution >= 4 is 23.1 Å². The summed E-state index contributed by atoms with van der Waals surface area (Å²) in [6.45, 7) is 0. The third-order valence-electron chi connectivity index (χ3n) is 2.16. The minimum Gasteiger partial charge on any atom is -0.399 e. The molecule has 2 aromatic rings. The van der Waals surface area contributed by atoms with Crippen molar-refractivity contribution in [2.45, 2.75) is 0 Å². The Labute approximate surface area is 97.9 Å². The van der Waals surface area contributed by atoms with Crippen LogP contribution < -0.4 is 5.73 Å². The number of nitrogens with zero attached hydrogens (tertiary/aromatic N) is 1. The Morgan fingerprint density at radius 3 is 2.75 bits per heavy atom. The number of carbonyl (C=O) groups is 1. The highest BCUT2D eigenvalue weighted by Crippen LogP contribution is 2.21. The van der Waals surface area contributed by atoms with Gasteiger partial charge in [0.05, 0.1) is 5.02 Å². The second-order valence-electron chi connectivity index (χ2n) is 3.31. The molecule has 0 unspecified atom stereocenters. The lowest BCUT2D eigenvalue weighted by Gasteiger charge is -2.03. The first-order chi connectivity index (χ1) is 7.68. The Morgan fingerprint density at radius 1 is 1.31 bits per heavy atom. The van der Waals surface area contributed by atoms with Gasteiger partial charge in [0.25, 0.3) is 0 Å². The summed E-state index contributed by atoms with van der Waals surface area (Å²) in [7, 11) is 0. The van der Waals surface area contributed by atoms with Crippen molar-refractivity contribution < 1.29 is 4.79 Å². The van der Waals surface area contributed by atoms with E-state index in [0.29, 0.717) is 21.8 Å². The van der Waals surface area contributed by atoms with Gasteiger partial charge in [0.15, 0.2) is 5.78 Å². The molecule has 0 spiro atoms. The van der Waals surface area contributed by atoms with Crippen LogP contribution in [0.25, 0.3) is 0 Å². The molecule has 0 fully saturated rings. The van der Waals surface area contributed by atoms with E-state index in [1.165, 1.54) is 6.20 Å². The predicted octanol–water partition coefficient (Wildman–Crippen LogP) is 2.55. The third-order valence-corrected chi connectivity index (χ3v) is 2.47. The van der Waals surface area contributed by atoms with Gasteiger partial charge in [-0.2, -0.15) is 0 Å². The molecule has 4 heteroatoms. The molecule has 0 bridgehead atoms. The van der Waals surface area contributed by atoms with E-state index < -0.39 is 0 Å². The predicted molar refractivity (Wildman–Crippen MR) is 63.5 cm³/mol. The molecule has 0 aliphatic carbocycles. The zero-order valence-corrected chi connectivity index (χ0v) is 9.11. The van der Waals surface area contributed by atoms with Gasteiger partial charge in [-0.1, -0.05) is 11.6 Å². The van der Waals surface area contributed by atoms with Crippen LogP contribution in [0.2, 0.25) is 5.02 Å². The van der Waals surface area contributed by atoms with Crippen molar-refractivity contribution in [3.8, 4) is 0 Å². The normalized spacial score (nSPS) is 10.1. The van der Waals surface area contributed by atoms with Crippen molar-refractivity contribution in [1.29, 1.82) is 0 Å². The molecule has 0 saturated heterocycles. The molecule has 0 radical (unpaired) electrons. The van der Waals surface area contributed by atoms with Crippen molar-refractivity contribution in [3.63, 3.8) is 0 Å². The molecular formula is C12H9ClN2O. The topological polar surface area (TPSA) is 56.0 Å². The average Bonchev–Trinajstić information content (AvgIpc) is 2.29. The first-order valence-corrected chi connectivity index (χ1v) is 5.06. The van der Waals surface area contributed by atoms with Crippen LogP contribution in [0.3, 0.4) is 0 Å². The van der Waals surface area contributed by atoms with Gasteiger partial charge in [0.1, 0.15) is 0 Å². The zero-order chi connectivity index (χ0) is 11.5. The lowest BCUT2D eigenvalue weighted by molar-refractivity contribution is 0.103. The van der Waals surface area contributed by atoms with Crippen LogP contribution in [-0.4, -0.2) is 10.8 Å². The number of rotatable bonds is 2. The number of benzene rings is 1. The number of nitrogen functional groups attached to an aromatic ring is 1. The van der Waals surface area contributed by atoms with E-state index in [-0.39, 0.29) is 5.78 Å². The van der Waals surface area contributed by atoms with Gasteiger partial charge in [-0.05, 0) is 30.3 Å². The summed E-state index contributed by atoms with van der Waals surface area (Å²) in [5, 5.41) is 0.355. The van der Waals surface area contributed by atoms with Crippen molar-refractivity contribution in [1.82, 2.24) is 4.98 Å². The van der Waals surface area contributed by atoms with Crippen molar-refractivity contribution in [3.05, 3.63) is 58.9 Å². The summed E-state index contributed by atoms with van der Waals surface area (Å²) < 4.78 is 0. The fraction of sp³-hybridized carbons (Fsp3) is 0. The van der Waals surface area contributed by atoms with Crippen LogP contribution in [0.5, 0.6) is 0 Å². The van der Waals surface area contributed by atoms with E-state index in [0.717, 1.165) is 0 Å². The second kappa shape index (κ2) is 4.33. The third kappa shape index (κ3) is 2.04. The number of halogens is 1. The summed E-state index contributed by atoms with van der Waals surface area (Å²) in [5.41, 5.74) is 7.04. The van der Waals surface area contributed by atoms with Crippen molar-refractivity contribution in [2.75, 3.05) is 5.73 Å². The van der Waals surface area contributed by atoms with Gasteiger partial charge in [-0.25, -0.2) is 0 Å². The monoisotopic (exact) mass is 232 g/mol. The number of aromatic nitrogens is 1. The summed E-state index contributed by atoms with van der Waals surface area (Å²) >= 11 is 5.95. The molecule has 2 N–H and O–H groups in total. The van der Waals surface area contributed by atoms with E-state index >= 15 is 0 Å². The molecule has 0 amide bonds. The minimum absolute atomic E-state index is 0.155. The first kappa shape index (κ1) is 10.6. The Balaban J connectivity index is 2.42. The fourth-order valence-electron chi connectivity index (χ4n) is 1.37. The summed E-state index contributed by atoms with van der Waals surface area (Å²) in [5.74, 6) is -0.155. The Kier molecular flexibility index (Phi) is 2.88. The van der Waals surface area contributed by atoms with Crippen LogP contribution in [0.4, 0.5) is 5.69 Å². The SMILES string of the molecule is Nc1ccc(C(=O)c2cccnc2)c(Cl)c1. The summed E-state index contributed by atoms with van der Waals surface area (Å²) in [4.78, 5) is 15.9. The number of ketones is 1. The van der Waals surface area contributed by atoms with E-state index in [1.807, 2.05) is 0 Å². The molecular weight excluding hydrogens is 224 g/mol. The average molecular weight is 233 g/mol. The van der Waals surface area contributed by atoms with Crippen LogP contribution in [0, 0.1) is 0 Å². The molecule has 0 atom stereocenters. The number of pyridine rings is 1. The maximum absolute atomic E-state index is 12.0. The van der Waals surface area contributed by atoms with E-state index in [1.54, 1.807) is 36.5 Å². The van der Waals surface area contributed by atoms with Gasteiger partial charge in [-0.15, -0.1) is 0 Å². The van der Waals surface area contributed by atoms with E-state index in [2.05, 4.69) is 4.98 Å². The molecule has 0 aliphatic heterocycles. The minimum atomic E-state index is -0.155. The van der Waals surface area contributed by atoms with Gasteiger partial charge in [0.2, 0.25) is 0 Å². The first-order valence-electron chi connectivity index (χ1n) is 4.68. The Bertz CT molecular complexity index is 526. The number of hydrogen-bond donors (Lipinski definition) is 1. The molecule has 1 aromatic carbocycles. The molecule has 2 rings (SSSR count). The summed E-state index contributed by atoms with van der Waals surface area (Å²) in [6.07, 6.45) is 3.12. The molecule has 1 heterocycles. The van der Waals surface area contributed by atoms with Crippen LogP contribution >= 0.6 is 11.6 Å². The largest absolute Gasteiger partial charge is 0.399 e. The standard InChI is InChI=1S/C12H9ClN2O/c13-11-6-9(14)3-4-10(11)12(16)8-2-1-5-15-7-8/h1-7H,14H2. The smallest absolute Gasteiger partial charge is 0.196 e. The van der Waals surface area contributed by atoms with Crippen LogP contribution in [-0.2, 0) is 0 Å². The highest BCUT2D eigenvalue weighted by molar-refractivity contribution is 6.35. The van der Waals surface area contributed by atoms with Crippen LogP contribution in [0.15, 0.2) is 42.7 Å². The van der Waals surface area contributed by atoms with Gasteiger partial charge < -0.3 is 5.73 Å². The molecule has 80 valence electrons. The van der Waals surface area contributed by atoms with Crippen LogP contribution in [0.1, 0.15) is 15.9 Å². The lowest BCUT2D eigenvalue weighted by Crippen LogP contribution is -2.02. The van der Waals surface area contributed by atoms with Gasteiger partial charge >= 0.3 is 0 Å². The molecule has 0 aliphatic rings. The highest BCUT2D eigenvalue weighted by Gasteiger charge is 2.12. The second-order valence-corrected chi connectivity index (χ2v) is 3.72. The lowest BCUT2D eigenvalue weighted by atomic mass is 10.0. The zero-order valence-electron chi connectivity index (χ0n) is 8.35. The molecule has 16 heavy (non-hydrogen) atoms. The fourth-order valence-corrected chi connectivity index (χ4v) is 1.64. The molecule has 3 nitrogen and oxygen atoms in total. The number of carbonyl (C=O) groups excluding carboxylic acids is 1. The van der Waals surface area contributed by atoms with E-state index in [9.17, 15) is 4.79 Å². The molecule has 0 saturated carbocycles. The van der Waals surface area contributed by atoms with Gasteiger partial charge in [-0.3, -0.25) is 9.78 Å². The highest BCUT2D eigenvalue weighted by atomic mass is 35.5. The quantitative estimate of drug-likeness (QED) is 0.640. The number of anilines is 1. The summed E-state index contributed by atoms with van der Waals surface area (Å²) in [6, 6.07) is 8.23. The Hall–Kier alpha value is -1.87. The molecule has 1 aromatic heterocycles. The maximum Gasteiger partial charge on any atom is 0.196 e. The Morgan fingerprint density at radius 2 is 2.12 bits per heavy atom. The number of nitrogens with two attached hydrogens (primary N) is 1.